The molecule has 108 valence electrons. The summed E-state index contributed by atoms with van der Waals surface area (Å²) in [4.78, 5) is 6.74. The molecule has 1 aliphatic carbocycles. The topological polar surface area (TPSA) is 50.8 Å². The molecule has 0 heterocycles. The summed E-state index contributed by atoms with van der Waals surface area (Å²) in [5.74, 6) is 0.659. The van der Waals surface area contributed by atoms with Crippen molar-refractivity contribution in [2.45, 2.75) is 52.7 Å². The lowest BCUT2D eigenvalue weighted by Gasteiger charge is -2.57. The molecule has 1 aliphatic rings. The van der Waals surface area contributed by atoms with Crippen LogP contribution in [-0.2, 0) is 4.74 Å². The molecule has 2 N–H and O–H groups in total. The van der Waals surface area contributed by atoms with Gasteiger partial charge in [0.2, 0.25) is 0 Å². The highest BCUT2D eigenvalue weighted by Gasteiger charge is 2.58. The van der Waals surface area contributed by atoms with E-state index in [0.29, 0.717) is 5.96 Å². The van der Waals surface area contributed by atoms with Gasteiger partial charge in [0.15, 0.2) is 5.96 Å². The Kier molecular flexibility index (Phi) is 6.40. The summed E-state index contributed by atoms with van der Waals surface area (Å²) in [5, 5.41) is 0. The number of nitrogens with two attached hydrogens (primary N) is 1. The summed E-state index contributed by atoms with van der Waals surface area (Å²) in [6, 6.07) is 0.257. The van der Waals surface area contributed by atoms with E-state index in [-0.39, 0.29) is 41.0 Å². The summed E-state index contributed by atoms with van der Waals surface area (Å²) in [5.41, 5.74) is 6.00. The van der Waals surface area contributed by atoms with Gasteiger partial charge in [-0.1, -0.05) is 13.8 Å². The number of hydrogen-bond donors (Lipinski definition) is 1. The lowest BCUT2D eigenvalue weighted by atomic mass is 9.56. The van der Waals surface area contributed by atoms with Crippen molar-refractivity contribution in [1.82, 2.24) is 4.90 Å². The predicted octanol–water partition coefficient (Wildman–Crippen LogP) is 2.46. The largest absolute Gasteiger partial charge is 0.378 e. The van der Waals surface area contributed by atoms with E-state index in [9.17, 15) is 0 Å². The molecule has 0 bridgehead atoms. The van der Waals surface area contributed by atoms with Crippen LogP contribution < -0.4 is 5.73 Å². The highest BCUT2D eigenvalue weighted by Crippen LogP contribution is 2.53. The molecule has 0 radical (unpaired) electrons. The van der Waals surface area contributed by atoms with Gasteiger partial charge in [-0.3, -0.25) is 0 Å². The Morgan fingerprint density at radius 1 is 1.33 bits per heavy atom. The Labute approximate surface area is 128 Å². The lowest BCUT2D eigenvalue weighted by molar-refractivity contribution is -0.171. The maximum absolute atomic E-state index is 6.04. The molecular formula is C13H28IN3O. The number of ether oxygens (including phenoxy) is 1. The van der Waals surface area contributed by atoms with Crippen LogP contribution in [0.15, 0.2) is 4.99 Å². The number of hydrogen-bond acceptors (Lipinski definition) is 2. The summed E-state index contributed by atoms with van der Waals surface area (Å²) < 4.78 is 5.59. The fourth-order valence-corrected chi connectivity index (χ4v) is 2.45. The Bertz CT molecular complexity index is 303. The minimum atomic E-state index is -0.0787. The van der Waals surface area contributed by atoms with Crippen molar-refractivity contribution in [2.75, 3.05) is 20.2 Å². The van der Waals surface area contributed by atoms with E-state index < -0.39 is 0 Å². The zero-order valence-electron chi connectivity index (χ0n) is 12.5. The van der Waals surface area contributed by atoms with Crippen molar-refractivity contribution in [3.63, 3.8) is 0 Å². The van der Waals surface area contributed by atoms with E-state index in [2.05, 4.69) is 44.5 Å². The molecule has 2 unspecified atom stereocenters. The molecule has 0 aromatic carbocycles. The molecule has 2 atom stereocenters. The van der Waals surface area contributed by atoms with Gasteiger partial charge in [0.1, 0.15) is 0 Å². The van der Waals surface area contributed by atoms with Gasteiger partial charge in [-0.05, 0) is 27.2 Å². The second-order valence-corrected chi connectivity index (χ2v) is 5.54. The van der Waals surface area contributed by atoms with E-state index >= 15 is 0 Å². The maximum Gasteiger partial charge on any atom is 0.191 e. The smallest absolute Gasteiger partial charge is 0.191 e. The molecule has 1 fully saturated rings. The number of methoxy groups -OCH3 is 1. The van der Waals surface area contributed by atoms with E-state index in [1.165, 1.54) is 0 Å². The summed E-state index contributed by atoms with van der Waals surface area (Å²) in [6.07, 6.45) is 0.943. The monoisotopic (exact) mass is 369 g/mol. The fraction of sp³-hybridized carbons (Fsp3) is 0.923. The van der Waals surface area contributed by atoms with Crippen LogP contribution in [0.2, 0.25) is 0 Å². The third kappa shape index (κ3) is 2.92. The summed E-state index contributed by atoms with van der Waals surface area (Å²) in [6.45, 7) is 12.5. The first-order chi connectivity index (χ1) is 7.82. The van der Waals surface area contributed by atoms with Crippen molar-refractivity contribution in [2.24, 2.45) is 16.1 Å². The Hall–Kier alpha value is -0.0400. The molecule has 5 heteroatoms. The lowest BCUT2D eigenvalue weighted by Crippen LogP contribution is -2.63. The molecular weight excluding hydrogens is 341 g/mol. The molecule has 1 rings (SSSR count). The number of guanidine groups is 1. The molecule has 0 amide bonds. The molecule has 0 aromatic heterocycles. The van der Waals surface area contributed by atoms with Crippen LogP contribution in [0.4, 0.5) is 0 Å². The highest BCUT2D eigenvalue weighted by molar-refractivity contribution is 14.0. The maximum atomic E-state index is 6.04. The van der Waals surface area contributed by atoms with Gasteiger partial charge < -0.3 is 15.4 Å². The Balaban J connectivity index is 0.00000289. The minimum Gasteiger partial charge on any atom is -0.378 e. The molecule has 0 saturated heterocycles. The number of halogens is 1. The van der Waals surface area contributed by atoms with Crippen LogP contribution in [0, 0.1) is 5.41 Å². The summed E-state index contributed by atoms with van der Waals surface area (Å²) >= 11 is 0. The number of rotatable bonds is 4. The van der Waals surface area contributed by atoms with Crippen LogP contribution >= 0.6 is 24.0 Å². The average molecular weight is 369 g/mol. The molecule has 0 aromatic rings. The van der Waals surface area contributed by atoms with Crippen LogP contribution in [0.3, 0.4) is 0 Å². The predicted molar refractivity (Wildman–Crippen MR) is 87.6 cm³/mol. The third-order valence-corrected chi connectivity index (χ3v) is 4.60. The van der Waals surface area contributed by atoms with Crippen LogP contribution in [0.1, 0.15) is 41.0 Å². The standard InChI is InChI=1S/C13H27N3O.HI/c1-7-16(8-2)11(14)15-10-9-13(5,17-6)12(10,3)4;/h10H,7-9H2,1-6H3,(H2,14,15);1H. The van der Waals surface area contributed by atoms with Gasteiger partial charge in [0, 0.05) is 25.6 Å². The second-order valence-electron chi connectivity index (χ2n) is 5.54. The van der Waals surface area contributed by atoms with Crippen LogP contribution in [0.25, 0.3) is 0 Å². The first-order valence-electron chi connectivity index (χ1n) is 6.45. The van der Waals surface area contributed by atoms with Gasteiger partial charge in [-0.25, -0.2) is 4.99 Å². The van der Waals surface area contributed by atoms with Crippen LogP contribution in [-0.4, -0.2) is 42.7 Å². The first kappa shape index (κ1) is 18.0. The third-order valence-electron chi connectivity index (χ3n) is 4.60. The zero-order valence-corrected chi connectivity index (χ0v) is 14.8. The number of nitrogens with zero attached hydrogens (tertiary/aromatic N) is 2. The van der Waals surface area contributed by atoms with Crippen molar-refractivity contribution >= 4 is 29.9 Å². The highest BCUT2D eigenvalue weighted by atomic mass is 127. The van der Waals surface area contributed by atoms with Crippen molar-refractivity contribution in [1.29, 1.82) is 0 Å². The molecule has 18 heavy (non-hydrogen) atoms. The normalized spacial score (nSPS) is 30.3. The van der Waals surface area contributed by atoms with Gasteiger partial charge in [-0.2, -0.15) is 0 Å². The van der Waals surface area contributed by atoms with Gasteiger partial charge in [0.05, 0.1) is 11.6 Å². The number of aliphatic imine (C=N–C) groups is 1. The van der Waals surface area contributed by atoms with E-state index in [4.69, 9.17) is 10.5 Å². The van der Waals surface area contributed by atoms with Gasteiger partial charge in [0.25, 0.3) is 0 Å². The van der Waals surface area contributed by atoms with Gasteiger partial charge >= 0.3 is 0 Å². The van der Waals surface area contributed by atoms with E-state index in [1.54, 1.807) is 7.11 Å². The molecule has 1 saturated carbocycles. The molecule has 4 nitrogen and oxygen atoms in total. The average Bonchev–Trinajstić information content (AvgIpc) is 2.29. The molecule has 0 aliphatic heterocycles. The van der Waals surface area contributed by atoms with E-state index in [0.717, 1.165) is 19.5 Å². The quantitative estimate of drug-likeness (QED) is 0.471. The Morgan fingerprint density at radius 3 is 2.17 bits per heavy atom. The van der Waals surface area contributed by atoms with Crippen molar-refractivity contribution in [3.05, 3.63) is 0 Å². The van der Waals surface area contributed by atoms with Crippen LogP contribution in [0.5, 0.6) is 0 Å². The molecule has 0 spiro atoms. The Morgan fingerprint density at radius 2 is 1.83 bits per heavy atom. The van der Waals surface area contributed by atoms with Crippen molar-refractivity contribution < 1.29 is 4.74 Å². The van der Waals surface area contributed by atoms with Crippen molar-refractivity contribution in [3.8, 4) is 0 Å². The second kappa shape index (κ2) is 6.41. The minimum absolute atomic E-state index is 0. The first-order valence-corrected chi connectivity index (χ1v) is 6.45. The summed E-state index contributed by atoms with van der Waals surface area (Å²) in [7, 11) is 1.77. The van der Waals surface area contributed by atoms with Gasteiger partial charge in [-0.15, -0.1) is 24.0 Å². The zero-order chi connectivity index (χ0) is 13.3. The SMILES string of the molecule is CCN(CC)C(N)=NC1CC(C)(OC)C1(C)C.I. The fourth-order valence-electron chi connectivity index (χ4n) is 2.45. The van der Waals surface area contributed by atoms with E-state index in [1.807, 2.05) is 0 Å².